The van der Waals surface area contributed by atoms with Crippen LogP contribution in [0.3, 0.4) is 0 Å². The van der Waals surface area contributed by atoms with Crippen LogP contribution in [0.4, 0.5) is 0 Å². The van der Waals surface area contributed by atoms with Crippen molar-refractivity contribution in [2.24, 2.45) is 0 Å². The van der Waals surface area contributed by atoms with Gasteiger partial charge in [0, 0.05) is 5.39 Å². The van der Waals surface area contributed by atoms with Gasteiger partial charge in [-0.25, -0.2) is 0 Å². The molecule has 5 heteroatoms. The average molecular weight is 313 g/mol. The maximum atomic E-state index is 12.5. The van der Waals surface area contributed by atoms with E-state index >= 15 is 0 Å². The van der Waals surface area contributed by atoms with Crippen molar-refractivity contribution < 1.29 is 0 Å². The van der Waals surface area contributed by atoms with E-state index in [2.05, 4.69) is 4.98 Å². The molecule has 0 fully saturated rings. The molecule has 0 saturated carbocycles. The van der Waals surface area contributed by atoms with Gasteiger partial charge in [0.05, 0.1) is 28.4 Å². The summed E-state index contributed by atoms with van der Waals surface area (Å²) in [4.78, 5) is 27.3. The summed E-state index contributed by atoms with van der Waals surface area (Å²) in [5.74, 6) is 0. The van der Waals surface area contributed by atoms with E-state index in [4.69, 9.17) is 5.26 Å². The third-order valence-electron chi connectivity index (χ3n) is 4.02. The number of hydrogen-bond acceptors (Lipinski definition) is 3. The number of rotatable bonds is 1. The lowest BCUT2D eigenvalue weighted by molar-refractivity contribution is 0.988. The Labute approximate surface area is 136 Å². The van der Waals surface area contributed by atoms with Crippen LogP contribution in [0, 0.1) is 11.3 Å². The van der Waals surface area contributed by atoms with E-state index in [0.717, 1.165) is 10.8 Å². The highest BCUT2D eigenvalue weighted by Gasteiger charge is 2.12. The van der Waals surface area contributed by atoms with Crippen molar-refractivity contribution in [2.75, 3.05) is 0 Å². The Morgan fingerprint density at radius 1 is 0.958 bits per heavy atom. The summed E-state index contributed by atoms with van der Waals surface area (Å²) in [6.07, 6.45) is 0. The molecule has 0 aliphatic carbocycles. The largest absolute Gasteiger partial charge is 0.321 e. The van der Waals surface area contributed by atoms with Gasteiger partial charge in [-0.2, -0.15) is 5.26 Å². The van der Waals surface area contributed by atoms with Gasteiger partial charge >= 0.3 is 11.1 Å². The second-order valence-electron chi connectivity index (χ2n) is 5.44. The third-order valence-corrected chi connectivity index (χ3v) is 4.02. The van der Waals surface area contributed by atoms with Crippen molar-refractivity contribution in [1.29, 1.82) is 5.26 Å². The van der Waals surface area contributed by atoms with Crippen molar-refractivity contribution in [2.45, 2.75) is 0 Å². The molecule has 4 aromatic rings. The zero-order valence-electron chi connectivity index (χ0n) is 12.5. The highest BCUT2D eigenvalue weighted by atomic mass is 16.2. The summed E-state index contributed by atoms with van der Waals surface area (Å²) in [6, 6.07) is 20.0. The number of fused-ring (bicyclic) bond motifs is 3. The fourth-order valence-electron chi connectivity index (χ4n) is 2.93. The van der Waals surface area contributed by atoms with Gasteiger partial charge in [0.1, 0.15) is 0 Å². The average Bonchev–Trinajstić information content (AvgIpc) is 2.63. The van der Waals surface area contributed by atoms with E-state index in [9.17, 15) is 9.59 Å². The van der Waals surface area contributed by atoms with Crippen molar-refractivity contribution in [3.63, 3.8) is 0 Å². The zero-order chi connectivity index (χ0) is 16.7. The lowest BCUT2D eigenvalue weighted by atomic mass is 10.1. The minimum Gasteiger partial charge on any atom is -0.315 e. The van der Waals surface area contributed by atoms with E-state index in [1.165, 1.54) is 4.57 Å². The maximum Gasteiger partial charge on any atom is 0.321 e. The molecule has 0 radical (unpaired) electrons. The molecule has 0 aliphatic rings. The van der Waals surface area contributed by atoms with E-state index in [1.54, 1.807) is 30.3 Å². The van der Waals surface area contributed by atoms with E-state index in [-0.39, 0.29) is 0 Å². The minimum atomic E-state index is -0.693. The molecule has 1 heterocycles. The SMILES string of the molecule is N#Cc1cccc(-n2c(=O)c(=O)[nH]c3c4ccccc4ccc32)c1. The van der Waals surface area contributed by atoms with Gasteiger partial charge in [-0.3, -0.25) is 14.2 Å². The Morgan fingerprint density at radius 2 is 1.79 bits per heavy atom. The fraction of sp³-hybridized carbons (Fsp3) is 0. The number of aromatic nitrogens is 2. The molecule has 114 valence electrons. The first-order valence-electron chi connectivity index (χ1n) is 7.36. The van der Waals surface area contributed by atoms with E-state index in [0.29, 0.717) is 22.3 Å². The Bertz CT molecular complexity index is 1260. The summed E-state index contributed by atoms with van der Waals surface area (Å²) < 4.78 is 1.35. The zero-order valence-corrected chi connectivity index (χ0v) is 12.5. The number of nitrogens with zero attached hydrogens (tertiary/aromatic N) is 2. The molecule has 4 rings (SSSR count). The second-order valence-corrected chi connectivity index (χ2v) is 5.44. The van der Waals surface area contributed by atoms with Crippen LogP contribution in [-0.2, 0) is 0 Å². The topological polar surface area (TPSA) is 78.7 Å². The molecule has 0 unspecified atom stereocenters. The molecule has 0 aliphatic heterocycles. The number of H-pyrrole nitrogens is 1. The summed E-state index contributed by atoms with van der Waals surface area (Å²) >= 11 is 0. The van der Waals surface area contributed by atoms with Crippen LogP contribution in [0.5, 0.6) is 0 Å². The van der Waals surface area contributed by atoms with Gasteiger partial charge in [-0.05, 0) is 29.7 Å². The summed E-state index contributed by atoms with van der Waals surface area (Å²) in [5.41, 5.74) is 0.738. The molecule has 0 saturated heterocycles. The summed E-state index contributed by atoms with van der Waals surface area (Å²) in [6.45, 7) is 0. The molecular weight excluding hydrogens is 302 g/mol. The quantitative estimate of drug-likeness (QED) is 0.433. The predicted octanol–water partition coefficient (Wildman–Crippen LogP) is 2.70. The van der Waals surface area contributed by atoms with Gasteiger partial charge < -0.3 is 4.98 Å². The number of nitrogens with one attached hydrogen (secondary N) is 1. The molecule has 24 heavy (non-hydrogen) atoms. The van der Waals surface area contributed by atoms with Gasteiger partial charge in [0.2, 0.25) is 0 Å². The molecule has 5 nitrogen and oxygen atoms in total. The molecule has 0 bridgehead atoms. The first kappa shape index (κ1) is 14.0. The molecule has 0 atom stereocenters. The van der Waals surface area contributed by atoms with Crippen LogP contribution in [0.2, 0.25) is 0 Å². The first-order chi connectivity index (χ1) is 11.7. The number of aromatic amines is 1. The van der Waals surface area contributed by atoms with Crippen LogP contribution in [0.15, 0.2) is 70.3 Å². The summed E-state index contributed by atoms with van der Waals surface area (Å²) in [5, 5.41) is 10.9. The monoisotopic (exact) mass is 313 g/mol. The van der Waals surface area contributed by atoms with Crippen LogP contribution in [-0.4, -0.2) is 9.55 Å². The Morgan fingerprint density at radius 3 is 2.62 bits per heavy atom. The van der Waals surface area contributed by atoms with Crippen LogP contribution >= 0.6 is 0 Å². The molecule has 1 N–H and O–H groups in total. The molecule has 0 amide bonds. The first-order valence-corrected chi connectivity index (χ1v) is 7.36. The highest BCUT2D eigenvalue weighted by Crippen LogP contribution is 2.23. The van der Waals surface area contributed by atoms with Gasteiger partial charge in [-0.1, -0.05) is 36.4 Å². The van der Waals surface area contributed by atoms with E-state index < -0.39 is 11.1 Å². The highest BCUT2D eigenvalue weighted by molar-refractivity contribution is 6.04. The molecule has 1 aromatic heterocycles. The van der Waals surface area contributed by atoms with Crippen molar-refractivity contribution in [3.05, 3.63) is 86.9 Å². The lowest BCUT2D eigenvalue weighted by Gasteiger charge is -2.11. The minimum absolute atomic E-state index is 0.425. The maximum absolute atomic E-state index is 12.5. The number of hydrogen-bond donors (Lipinski definition) is 1. The molecule has 0 spiro atoms. The molecule has 3 aromatic carbocycles. The Kier molecular flexibility index (Phi) is 3.04. The van der Waals surface area contributed by atoms with Crippen molar-refractivity contribution in [1.82, 2.24) is 9.55 Å². The summed E-state index contributed by atoms with van der Waals surface area (Å²) in [7, 11) is 0. The fourth-order valence-corrected chi connectivity index (χ4v) is 2.93. The van der Waals surface area contributed by atoms with Crippen LogP contribution in [0.1, 0.15) is 5.56 Å². The van der Waals surface area contributed by atoms with Crippen LogP contribution < -0.4 is 11.1 Å². The van der Waals surface area contributed by atoms with Gasteiger partial charge in [0.25, 0.3) is 0 Å². The van der Waals surface area contributed by atoms with Gasteiger partial charge in [-0.15, -0.1) is 0 Å². The van der Waals surface area contributed by atoms with Crippen molar-refractivity contribution in [3.8, 4) is 11.8 Å². The Balaban J connectivity index is 2.21. The Hall–Kier alpha value is -3.65. The van der Waals surface area contributed by atoms with Crippen LogP contribution in [0.25, 0.3) is 27.5 Å². The number of nitriles is 1. The van der Waals surface area contributed by atoms with E-state index in [1.807, 2.05) is 36.4 Å². The smallest absolute Gasteiger partial charge is 0.315 e. The second kappa shape index (κ2) is 5.21. The van der Waals surface area contributed by atoms with Crippen molar-refractivity contribution >= 4 is 21.8 Å². The predicted molar refractivity (Wildman–Crippen MR) is 92.4 cm³/mol. The lowest BCUT2D eigenvalue weighted by Crippen LogP contribution is -2.35. The van der Waals surface area contributed by atoms with Gasteiger partial charge in [0.15, 0.2) is 0 Å². The standard InChI is InChI=1S/C19H11N3O2/c20-11-12-4-3-6-14(10-12)22-16-9-8-13-5-1-2-7-15(13)17(16)21-18(23)19(22)24/h1-10H,(H,21,23). The normalized spacial score (nSPS) is 10.8. The number of benzene rings is 3. The molecular formula is C19H11N3O2. The third kappa shape index (κ3) is 2.02.